The molecule has 1 atom stereocenters. The minimum Gasteiger partial charge on any atom is -0.313 e. The SMILES string of the molecule is Cn1ccc(NC(=O)C2CNCCN2)n1. The summed E-state index contributed by atoms with van der Waals surface area (Å²) in [5.74, 6) is 0.552. The number of aryl methyl sites for hydroxylation is 1. The number of hydrogen-bond acceptors (Lipinski definition) is 4. The second kappa shape index (κ2) is 4.41. The van der Waals surface area contributed by atoms with Crippen LogP contribution in [0.5, 0.6) is 0 Å². The number of nitrogens with one attached hydrogen (secondary N) is 3. The summed E-state index contributed by atoms with van der Waals surface area (Å²) in [5.41, 5.74) is 0. The number of carbonyl (C=O) groups is 1. The van der Waals surface area contributed by atoms with Gasteiger partial charge in [-0.25, -0.2) is 0 Å². The number of piperazine rings is 1. The Morgan fingerprint density at radius 2 is 2.53 bits per heavy atom. The maximum atomic E-state index is 11.7. The lowest BCUT2D eigenvalue weighted by atomic mass is 10.2. The highest BCUT2D eigenvalue weighted by Crippen LogP contribution is 2.02. The average molecular weight is 209 g/mol. The fourth-order valence-electron chi connectivity index (χ4n) is 1.53. The number of anilines is 1. The van der Waals surface area contributed by atoms with Crippen molar-refractivity contribution in [2.45, 2.75) is 6.04 Å². The molecule has 6 heteroatoms. The van der Waals surface area contributed by atoms with Crippen molar-refractivity contribution in [2.24, 2.45) is 7.05 Å². The molecule has 3 N–H and O–H groups in total. The first-order chi connectivity index (χ1) is 7.25. The first kappa shape index (κ1) is 10.1. The molecule has 0 spiro atoms. The Hall–Kier alpha value is -1.40. The first-order valence-corrected chi connectivity index (χ1v) is 5.00. The minimum absolute atomic E-state index is 0.0408. The van der Waals surface area contributed by atoms with Crippen molar-refractivity contribution in [1.82, 2.24) is 20.4 Å². The van der Waals surface area contributed by atoms with Gasteiger partial charge in [0.25, 0.3) is 0 Å². The molecule has 2 heterocycles. The van der Waals surface area contributed by atoms with Crippen molar-refractivity contribution in [1.29, 1.82) is 0 Å². The predicted molar refractivity (Wildman–Crippen MR) is 56.5 cm³/mol. The van der Waals surface area contributed by atoms with Crippen molar-refractivity contribution in [2.75, 3.05) is 25.0 Å². The van der Waals surface area contributed by atoms with Crippen molar-refractivity contribution >= 4 is 11.7 Å². The Labute approximate surface area is 88.0 Å². The van der Waals surface area contributed by atoms with Crippen LogP contribution in [-0.4, -0.2) is 41.4 Å². The van der Waals surface area contributed by atoms with Gasteiger partial charge < -0.3 is 16.0 Å². The summed E-state index contributed by atoms with van der Waals surface area (Å²) in [6.07, 6.45) is 1.79. The van der Waals surface area contributed by atoms with Crippen molar-refractivity contribution in [3.05, 3.63) is 12.3 Å². The van der Waals surface area contributed by atoms with E-state index in [0.717, 1.165) is 13.1 Å². The number of amides is 1. The van der Waals surface area contributed by atoms with Crippen LogP contribution in [0.3, 0.4) is 0 Å². The molecule has 1 fully saturated rings. The molecule has 0 saturated carbocycles. The predicted octanol–water partition coefficient (Wildman–Crippen LogP) is -1.08. The maximum absolute atomic E-state index is 11.7. The monoisotopic (exact) mass is 209 g/mol. The van der Waals surface area contributed by atoms with E-state index in [1.165, 1.54) is 0 Å². The standard InChI is InChI=1S/C9H15N5O/c1-14-5-2-8(13-14)12-9(15)7-6-10-3-4-11-7/h2,5,7,10-11H,3-4,6H2,1H3,(H,12,13,15). The highest BCUT2D eigenvalue weighted by molar-refractivity contribution is 5.94. The summed E-state index contributed by atoms with van der Waals surface area (Å²) >= 11 is 0. The van der Waals surface area contributed by atoms with Gasteiger partial charge in [0.05, 0.1) is 6.04 Å². The molecule has 6 nitrogen and oxygen atoms in total. The third-order valence-corrected chi connectivity index (χ3v) is 2.32. The lowest BCUT2D eigenvalue weighted by molar-refractivity contribution is -0.118. The van der Waals surface area contributed by atoms with E-state index in [2.05, 4.69) is 21.0 Å². The fraction of sp³-hybridized carbons (Fsp3) is 0.556. The Morgan fingerprint density at radius 1 is 1.67 bits per heavy atom. The van der Waals surface area contributed by atoms with Crippen LogP contribution in [-0.2, 0) is 11.8 Å². The van der Waals surface area contributed by atoms with Gasteiger partial charge >= 0.3 is 0 Å². The molecule has 1 saturated heterocycles. The third kappa shape index (κ3) is 2.54. The highest BCUT2D eigenvalue weighted by Gasteiger charge is 2.20. The van der Waals surface area contributed by atoms with Gasteiger partial charge in [0.15, 0.2) is 5.82 Å². The van der Waals surface area contributed by atoms with Crippen LogP contribution >= 0.6 is 0 Å². The van der Waals surface area contributed by atoms with Crippen LogP contribution in [0, 0.1) is 0 Å². The maximum Gasteiger partial charge on any atom is 0.244 e. The lowest BCUT2D eigenvalue weighted by Gasteiger charge is -2.22. The van der Waals surface area contributed by atoms with E-state index in [1.54, 1.807) is 16.9 Å². The minimum atomic E-state index is -0.166. The number of carbonyl (C=O) groups excluding carboxylic acids is 1. The second-order valence-electron chi connectivity index (χ2n) is 3.57. The van der Waals surface area contributed by atoms with E-state index in [9.17, 15) is 4.79 Å². The molecule has 0 bridgehead atoms. The first-order valence-electron chi connectivity index (χ1n) is 5.00. The van der Waals surface area contributed by atoms with Crippen molar-refractivity contribution in [3.8, 4) is 0 Å². The second-order valence-corrected chi connectivity index (χ2v) is 3.57. The molecule has 1 aliphatic rings. The van der Waals surface area contributed by atoms with Gasteiger partial charge in [-0.15, -0.1) is 0 Å². The van der Waals surface area contributed by atoms with Gasteiger partial charge in [-0.3, -0.25) is 9.48 Å². The van der Waals surface area contributed by atoms with Gasteiger partial charge in [-0.1, -0.05) is 0 Å². The van der Waals surface area contributed by atoms with E-state index in [1.807, 2.05) is 7.05 Å². The molecule has 0 aromatic carbocycles. The van der Waals surface area contributed by atoms with Crippen LogP contribution in [0.1, 0.15) is 0 Å². The van der Waals surface area contributed by atoms with Crippen LogP contribution in [0.15, 0.2) is 12.3 Å². The van der Waals surface area contributed by atoms with Gasteiger partial charge in [0.2, 0.25) is 5.91 Å². The molecule has 2 rings (SSSR count). The van der Waals surface area contributed by atoms with E-state index >= 15 is 0 Å². The third-order valence-electron chi connectivity index (χ3n) is 2.32. The molecule has 15 heavy (non-hydrogen) atoms. The molecule has 1 unspecified atom stereocenters. The highest BCUT2D eigenvalue weighted by atomic mass is 16.2. The number of rotatable bonds is 2. The van der Waals surface area contributed by atoms with E-state index in [-0.39, 0.29) is 11.9 Å². The molecular weight excluding hydrogens is 194 g/mol. The molecule has 1 aromatic heterocycles. The van der Waals surface area contributed by atoms with Gasteiger partial charge in [0, 0.05) is 38.9 Å². The largest absolute Gasteiger partial charge is 0.313 e. The van der Waals surface area contributed by atoms with E-state index in [4.69, 9.17) is 0 Å². The van der Waals surface area contributed by atoms with Crippen LogP contribution < -0.4 is 16.0 Å². The quantitative estimate of drug-likeness (QED) is 0.579. The Balaban J connectivity index is 1.91. The zero-order valence-electron chi connectivity index (χ0n) is 8.66. The van der Waals surface area contributed by atoms with Gasteiger partial charge in [-0.05, 0) is 0 Å². The topological polar surface area (TPSA) is 71.0 Å². The number of nitrogens with zero attached hydrogens (tertiary/aromatic N) is 2. The molecule has 1 amide bonds. The molecule has 1 aliphatic heterocycles. The van der Waals surface area contributed by atoms with Crippen LogP contribution in [0.2, 0.25) is 0 Å². The Bertz CT molecular complexity index is 342. The summed E-state index contributed by atoms with van der Waals surface area (Å²) in [5, 5.41) is 13.1. The smallest absolute Gasteiger partial charge is 0.244 e. The summed E-state index contributed by atoms with van der Waals surface area (Å²) in [4.78, 5) is 11.7. The summed E-state index contributed by atoms with van der Waals surface area (Å²) in [7, 11) is 1.82. The van der Waals surface area contributed by atoms with Crippen molar-refractivity contribution < 1.29 is 4.79 Å². The average Bonchev–Trinajstić information content (AvgIpc) is 2.65. The fourth-order valence-corrected chi connectivity index (χ4v) is 1.53. The molecule has 0 aliphatic carbocycles. The Morgan fingerprint density at radius 3 is 3.13 bits per heavy atom. The molecular formula is C9H15N5O. The molecule has 0 radical (unpaired) electrons. The number of aromatic nitrogens is 2. The normalized spacial score (nSPS) is 21.3. The molecule has 82 valence electrons. The summed E-state index contributed by atoms with van der Waals surface area (Å²) in [6.45, 7) is 2.40. The van der Waals surface area contributed by atoms with Crippen LogP contribution in [0.4, 0.5) is 5.82 Å². The Kier molecular flexibility index (Phi) is 2.98. The number of hydrogen-bond donors (Lipinski definition) is 3. The van der Waals surface area contributed by atoms with Gasteiger partial charge in [-0.2, -0.15) is 5.10 Å². The van der Waals surface area contributed by atoms with E-state index in [0.29, 0.717) is 12.4 Å². The lowest BCUT2D eigenvalue weighted by Crippen LogP contribution is -2.54. The zero-order valence-corrected chi connectivity index (χ0v) is 8.66. The van der Waals surface area contributed by atoms with Crippen molar-refractivity contribution in [3.63, 3.8) is 0 Å². The summed E-state index contributed by atoms with van der Waals surface area (Å²) in [6, 6.07) is 1.61. The van der Waals surface area contributed by atoms with Crippen LogP contribution in [0.25, 0.3) is 0 Å². The van der Waals surface area contributed by atoms with Gasteiger partial charge in [0.1, 0.15) is 0 Å². The van der Waals surface area contributed by atoms with E-state index < -0.39 is 0 Å². The zero-order chi connectivity index (χ0) is 10.7. The molecule has 1 aromatic rings. The summed E-state index contributed by atoms with van der Waals surface area (Å²) < 4.78 is 1.65.